The first-order valence-electron chi connectivity index (χ1n) is 7.52. The van der Waals surface area contributed by atoms with Crippen LogP contribution in [-0.4, -0.2) is 43.7 Å². The van der Waals surface area contributed by atoms with E-state index in [-0.39, 0.29) is 5.91 Å². The molecule has 1 aliphatic carbocycles. The van der Waals surface area contributed by atoms with Crippen molar-refractivity contribution in [3.63, 3.8) is 0 Å². The van der Waals surface area contributed by atoms with Crippen molar-refractivity contribution < 1.29 is 14.3 Å². The van der Waals surface area contributed by atoms with Crippen molar-refractivity contribution in [2.24, 2.45) is 5.92 Å². The average Bonchev–Trinajstić information content (AvgIpc) is 3.21. The highest BCUT2D eigenvalue weighted by Gasteiger charge is 2.36. The number of benzene rings is 1. The number of carbonyl (C=O) groups excluding carboxylic acids is 1. The van der Waals surface area contributed by atoms with E-state index >= 15 is 0 Å². The first-order valence-corrected chi connectivity index (χ1v) is 7.52. The van der Waals surface area contributed by atoms with E-state index in [2.05, 4.69) is 0 Å². The van der Waals surface area contributed by atoms with Gasteiger partial charge in [0.2, 0.25) is 0 Å². The summed E-state index contributed by atoms with van der Waals surface area (Å²) >= 11 is 0. The quantitative estimate of drug-likeness (QED) is 0.841. The molecule has 0 spiro atoms. The zero-order valence-electron chi connectivity index (χ0n) is 12.4. The number of methoxy groups -OCH3 is 1. The summed E-state index contributed by atoms with van der Waals surface area (Å²) in [6.07, 6.45) is 3.20. The van der Waals surface area contributed by atoms with Crippen LogP contribution in [0.5, 0.6) is 5.75 Å². The van der Waals surface area contributed by atoms with E-state index in [1.807, 2.05) is 11.0 Å². The van der Waals surface area contributed by atoms with Gasteiger partial charge in [-0.15, -0.1) is 0 Å². The van der Waals surface area contributed by atoms with Gasteiger partial charge in [-0.3, -0.25) is 4.79 Å². The molecular formula is C16H22N2O3. The number of ether oxygens (including phenoxy) is 2. The second-order valence-corrected chi connectivity index (χ2v) is 5.84. The monoisotopic (exact) mass is 290 g/mol. The maximum Gasteiger partial charge on any atom is 0.256 e. The maximum absolute atomic E-state index is 12.9. The number of hydrogen-bond donors (Lipinski definition) is 1. The number of nitrogens with two attached hydrogens (primary N) is 1. The maximum atomic E-state index is 12.9. The molecular weight excluding hydrogens is 268 g/mol. The Morgan fingerprint density at radius 3 is 2.86 bits per heavy atom. The summed E-state index contributed by atoms with van der Waals surface area (Å²) in [5, 5.41) is 0. The normalized spacial score (nSPS) is 21.3. The Balaban J connectivity index is 1.80. The number of carbonyl (C=O) groups is 1. The van der Waals surface area contributed by atoms with Gasteiger partial charge in [-0.25, -0.2) is 0 Å². The Kier molecular flexibility index (Phi) is 4.01. The summed E-state index contributed by atoms with van der Waals surface area (Å²) in [5.41, 5.74) is 7.03. The molecule has 1 amide bonds. The van der Waals surface area contributed by atoms with Crippen molar-refractivity contribution in [3.8, 4) is 5.75 Å². The van der Waals surface area contributed by atoms with Gasteiger partial charge in [-0.1, -0.05) is 6.07 Å². The van der Waals surface area contributed by atoms with E-state index in [1.165, 1.54) is 0 Å². The van der Waals surface area contributed by atoms with Crippen LogP contribution in [0, 0.1) is 5.92 Å². The van der Waals surface area contributed by atoms with Gasteiger partial charge in [0.05, 0.1) is 25.0 Å². The van der Waals surface area contributed by atoms with Crippen molar-refractivity contribution in [2.45, 2.75) is 25.3 Å². The number of para-hydroxylation sites is 1. The van der Waals surface area contributed by atoms with Crippen molar-refractivity contribution in [1.82, 2.24) is 4.90 Å². The second-order valence-electron chi connectivity index (χ2n) is 5.84. The summed E-state index contributed by atoms with van der Waals surface area (Å²) in [7, 11) is 1.56. The number of rotatable bonds is 5. The molecule has 1 saturated carbocycles. The minimum Gasteiger partial charge on any atom is -0.495 e. The summed E-state index contributed by atoms with van der Waals surface area (Å²) in [6.45, 7) is 2.32. The fourth-order valence-electron chi connectivity index (χ4n) is 2.85. The molecule has 2 N–H and O–H groups in total. The molecule has 2 fully saturated rings. The minimum absolute atomic E-state index is 0.0146. The number of amides is 1. The molecule has 1 unspecified atom stereocenters. The van der Waals surface area contributed by atoms with Gasteiger partial charge < -0.3 is 20.1 Å². The second kappa shape index (κ2) is 5.93. The van der Waals surface area contributed by atoms with Crippen molar-refractivity contribution in [2.75, 3.05) is 32.6 Å². The van der Waals surface area contributed by atoms with E-state index in [9.17, 15) is 4.79 Å². The molecule has 2 aliphatic rings. The van der Waals surface area contributed by atoms with Gasteiger partial charge in [0.25, 0.3) is 5.91 Å². The van der Waals surface area contributed by atoms with E-state index in [1.54, 1.807) is 19.2 Å². The lowest BCUT2D eigenvalue weighted by Gasteiger charge is -2.26. The van der Waals surface area contributed by atoms with Crippen LogP contribution in [0.1, 0.15) is 29.6 Å². The predicted molar refractivity (Wildman–Crippen MR) is 80.4 cm³/mol. The molecule has 114 valence electrons. The van der Waals surface area contributed by atoms with Gasteiger partial charge in [0.15, 0.2) is 0 Å². The van der Waals surface area contributed by atoms with Crippen LogP contribution in [0.2, 0.25) is 0 Å². The molecule has 0 bridgehead atoms. The van der Waals surface area contributed by atoms with Gasteiger partial charge in [-0.05, 0) is 31.4 Å². The lowest BCUT2D eigenvalue weighted by atomic mass is 10.1. The molecule has 1 heterocycles. The molecule has 5 heteroatoms. The Labute approximate surface area is 125 Å². The zero-order valence-corrected chi connectivity index (χ0v) is 12.4. The summed E-state index contributed by atoms with van der Waals surface area (Å²) < 4.78 is 10.6. The smallest absolute Gasteiger partial charge is 0.256 e. The highest BCUT2D eigenvalue weighted by molar-refractivity contribution is 6.00. The lowest BCUT2D eigenvalue weighted by Crippen LogP contribution is -2.37. The Bertz CT molecular complexity index is 522. The highest BCUT2D eigenvalue weighted by atomic mass is 16.5. The fourth-order valence-corrected chi connectivity index (χ4v) is 2.85. The fraction of sp³-hybridized carbons (Fsp3) is 0.562. The molecule has 0 aromatic heterocycles. The van der Waals surface area contributed by atoms with Crippen LogP contribution in [0.25, 0.3) is 0 Å². The molecule has 1 saturated heterocycles. The van der Waals surface area contributed by atoms with E-state index in [0.29, 0.717) is 29.0 Å². The predicted octanol–water partition coefficient (Wildman–Crippen LogP) is 1.92. The molecule has 21 heavy (non-hydrogen) atoms. The zero-order chi connectivity index (χ0) is 14.8. The van der Waals surface area contributed by atoms with Gasteiger partial charge in [0, 0.05) is 25.1 Å². The minimum atomic E-state index is 0.0146. The average molecular weight is 290 g/mol. The summed E-state index contributed by atoms with van der Waals surface area (Å²) in [6, 6.07) is 5.73. The Morgan fingerprint density at radius 2 is 2.24 bits per heavy atom. The van der Waals surface area contributed by atoms with Gasteiger partial charge in [-0.2, -0.15) is 0 Å². The standard InChI is InChI=1S/C16H22N2O3/c1-20-14-4-2-3-13(15(14)17)16(19)18(12-5-6-12)9-11-7-8-21-10-11/h2-4,11-12H,5-10,17H2,1H3. The first-order chi connectivity index (χ1) is 10.2. The molecule has 1 aromatic rings. The van der Waals surface area contributed by atoms with Crippen molar-refractivity contribution in [3.05, 3.63) is 23.8 Å². The van der Waals surface area contributed by atoms with Gasteiger partial charge in [0.1, 0.15) is 5.75 Å². The molecule has 5 nitrogen and oxygen atoms in total. The summed E-state index contributed by atoms with van der Waals surface area (Å²) in [5.74, 6) is 1.02. The third-order valence-electron chi connectivity index (χ3n) is 4.24. The topological polar surface area (TPSA) is 64.8 Å². The Hall–Kier alpha value is -1.75. The van der Waals surface area contributed by atoms with Crippen LogP contribution in [0.15, 0.2) is 18.2 Å². The van der Waals surface area contributed by atoms with E-state index in [0.717, 1.165) is 39.0 Å². The largest absolute Gasteiger partial charge is 0.495 e. The van der Waals surface area contributed by atoms with Crippen LogP contribution in [0.4, 0.5) is 5.69 Å². The SMILES string of the molecule is COc1cccc(C(=O)N(CC2CCOC2)C2CC2)c1N. The third-order valence-corrected chi connectivity index (χ3v) is 4.24. The first kappa shape index (κ1) is 14.2. The number of hydrogen-bond acceptors (Lipinski definition) is 4. The molecule has 3 rings (SSSR count). The molecule has 1 aromatic carbocycles. The van der Waals surface area contributed by atoms with E-state index < -0.39 is 0 Å². The van der Waals surface area contributed by atoms with Crippen LogP contribution >= 0.6 is 0 Å². The summed E-state index contributed by atoms with van der Waals surface area (Å²) in [4.78, 5) is 14.8. The third kappa shape index (κ3) is 2.97. The molecule has 1 atom stereocenters. The molecule has 1 aliphatic heterocycles. The van der Waals surface area contributed by atoms with Crippen LogP contribution in [0.3, 0.4) is 0 Å². The number of nitrogen functional groups attached to an aromatic ring is 1. The van der Waals surface area contributed by atoms with Crippen molar-refractivity contribution >= 4 is 11.6 Å². The van der Waals surface area contributed by atoms with E-state index in [4.69, 9.17) is 15.2 Å². The van der Waals surface area contributed by atoms with Crippen LogP contribution in [-0.2, 0) is 4.74 Å². The van der Waals surface area contributed by atoms with Crippen LogP contribution < -0.4 is 10.5 Å². The van der Waals surface area contributed by atoms with Gasteiger partial charge >= 0.3 is 0 Å². The lowest BCUT2D eigenvalue weighted by molar-refractivity contribution is 0.0707. The van der Waals surface area contributed by atoms with Crippen molar-refractivity contribution in [1.29, 1.82) is 0 Å². The number of nitrogens with zero attached hydrogens (tertiary/aromatic N) is 1. The highest BCUT2D eigenvalue weighted by Crippen LogP contribution is 2.33. The Morgan fingerprint density at radius 1 is 1.43 bits per heavy atom. The number of anilines is 1. The molecule has 0 radical (unpaired) electrons.